The summed E-state index contributed by atoms with van der Waals surface area (Å²) in [7, 11) is 1.63. The Morgan fingerprint density at radius 1 is 1.12 bits per heavy atom. The van der Waals surface area contributed by atoms with E-state index in [0.717, 1.165) is 24.8 Å². The molecule has 0 unspecified atom stereocenters. The maximum absolute atomic E-state index is 12.9. The number of aromatic hydroxyl groups is 1. The third-order valence-electron chi connectivity index (χ3n) is 3.49. The lowest BCUT2D eigenvalue weighted by Gasteiger charge is -2.13. The van der Waals surface area contributed by atoms with E-state index in [1.807, 2.05) is 24.3 Å². The average Bonchev–Trinajstić information content (AvgIpc) is 2.60. The predicted molar refractivity (Wildman–Crippen MR) is 89.1 cm³/mol. The summed E-state index contributed by atoms with van der Waals surface area (Å²) in [5.74, 6) is -0.0417. The first kappa shape index (κ1) is 18.0. The molecule has 0 spiro atoms. The summed E-state index contributed by atoms with van der Waals surface area (Å²) in [6.07, 6.45) is 0.136. The highest BCUT2D eigenvalue weighted by Crippen LogP contribution is 2.21. The van der Waals surface area contributed by atoms with Crippen LogP contribution >= 0.6 is 0 Å². The summed E-state index contributed by atoms with van der Waals surface area (Å²) in [6, 6.07) is 11.5. The summed E-state index contributed by atoms with van der Waals surface area (Å²) in [6.45, 7) is 1.16. The molecule has 2 aromatic carbocycles. The quantitative estimate of drug-likeness (QED) is 0.612. The lowest BCUT2D eigenvalue weighted by Crippen LogP contribution is -2.32. The predicted octanol–water partition coefficient (Wildman–Crippen LogP) is 2.11. The number of phenolic OH excluding ortho intramolecular Hbond substituents is 1. The minimum Gasteiger partial charge on any atom is -0.505 e. The second-order valence-corrected chi connectivity index (χ2v) is 5.38. The molecule has 0 saturated carbocycles. The van der Waals surface area contributed by atoms with Crippen molar-refractivity contribution in [1.29, 1.82) is 0 Å². The van der Waals surface area contributed by atoms with Crippen molar-refractivity contribution in [3.05, 3.63) is 53.8 Å². The topological polar surface area (TPSA) is 71.0 Å². The van der Waals surface area contributed by atoms with Crippen LogP contribution in [0.15, 0.2) is 42.5 Å². The van der Waals surface area contributed by atoms with Crippen molar-refractivity contribution in [3.63, 3.8) is 0 Å². The Balaban J connectivity index is 1.63. The van der Waals surface area contributed by atoms with Crippen LogP contribution in [0.5, 0.6) is 17.2 Å². The maximum atomic E-state index is 12.9. The normalized spacial score (nSPS) is 12.0. The van der Waals surface area contributed by atoms with Crippen molar-refractivity contribution in [2.45, 2.75) is 12.5 Å². The number of hydrogen-bond acceptors (Lipinski definition) is 5. The number of phenols is 1. The number of rotatable bonds is 9. The highest BCUT2D eigenvalue weighted by Gasteiger charge is 2.07. The highest BCUT2D eigenvalue weighted by atomic mass is 19.1. The Hall–Kier alpha value is -2.31. The zero-order valence-electron chi connectivity index (χ0n) is 13.5. The second kappa shape index (κ2) is 9.10. The van der Waals surface area contributed by atoms with Crippen LogP contribution in [0.1, 0.15) is 5.56 Å². The van der Waals surface area contributed by atoms with E-state index in [1.165, 1.54) is 17.7 Å². The minimum absolute atomic E-state index is 0.0562. The van der Waals surface area contributed by atoms with Crippen LogP contribution in [0.2, 0.25) is 0 Å². The van der Waals surface area contributed by atoms with Crippen LogP contribution in [-0.4, -0.2) is 43.1 Å². The first-order valence-electron chi connectivity index (χ1n) is 7.71. The van der Waals surface area contributed by atoms with Crippen LogP contribution in [-0.2, 0) is 6.42 Å². The van der Waals surface area contributed by atoms with E-state index < -0.39 is 17.7 Å². The smallest absolute Gasteiger partial charge is 0.165 e. The number of ether oxygens (including phenoxy) is 2. The number of nitrogens with one attached hydrogen (secondary N) is 1. The summed E-state index contributed by atoms with van der Waals surface area (Å²) in [5, 5.41) is 22.2. The number of halogens is 1. The molecule has 0 aromatic heterocycles. The summed E-state index contributed by atoms with van der Waals surface area (Å²) < 4.78 is 23.3. The van der Waals surface area contributed by atoms with Crippen molar-refractivity contribution < 1.29 is 24.1 Å². The molecule has 3 N–H and O–H groups in total. The zero-order chi connectivity index (χ0) is 17.4. The van der Waals surface area contributed by atoms with Gasteiger partial charge >= 0.3 is 0 Å². The number of benzene rings is 2. The highest BCUT2D eigenvalue weighted by molar-refractivity contribution is 5.33. The van der Waals surface area contributed by atoms with Gasteiger partial charge in [0.2, 0.25) is 0 Å². The minimum atomic E-state index is -0.705. The fourth-order valence-electron chi connectivity index (χ4n) is 2.13. The van der Waals surface area contributed by atoms with Gasteiger partial charge in [-0.3, -0.25) is 0 Å². The lowest BCUT2D eigenvalue weighted by molar-refractivity contribution is 0.106. The molecule has 1 atom stereocenters. The summed E-state index contributed by atoms with van der Waals surface area (Å²) >= 11 is 0. The zero-order valence-corrected chi connectivity index (χ0v) is 13.5. The van der Waals surface area contributed by atoms with Gasteiger partial charge in [-0.1, -0.05) is 12.1 Å². The first-order valence-corrected chi connectivity index (χ1v) is 7.71. The fourth-order valence-corrected chi connectivity index (χ4v) is 2.13. The third-order valence-corrected chi connectivity index (χ3v) is 3.49. The second-order valence-electron chi connectivity index (χ2n) is 5.38. The Morgan fingerprint density at radius 2 is 1.83 bits per heavy atom. The van der Waals surface area contributed by atoms with Crippen molar-refractivity contribution >= 4 is 0 Å². The van der Waals surface area contributed by atoms with E-state index in [2.05, 4.69) is 5.32 Å². The number of methoxy groups -OCH3 is 1. The molecule has 2 aromatic rings. The lowest BCUT2D eigenvalue weighted by atomic mass is 10.1. The molecule has 130 valence electrons. The fraction of sp³-hybridized carbons (Fsp3) is 0.333. The molecular formula is C18H22FNO4. The molecule has 0 bridgehead atoms. The van der Waals surface area contributed by atoms with Crippen molar-refractivity contribution in [1.82, 2.24) is 5.32 Å². The molecule has 0 aliphatic rings. The monoisotopic (exact) mass is 335 g/mol. The summed E-state index contributed by atoms with van der Waals surface area (Å²) in [4.78, 5) is 0. The van der Waals surface area contributed by atoms with Gasteiger partial charge < -0.3 is 25.0 Å². The van der Waals surface area contributed by atoms with Gasteiger partial charge in [0.1, 0.15) is 24.2 Å². The van der Waals surface area contributed by atoms with Gasteiger partial charge in [0.15, 0.2) is 11.6 Å². The molecule has 0 radical (unpaired) electrons. The van der Waals surface area contributed by atoms with Crippen LogP contribution in [0.3, 0.4) is 0 Å². The van der Waals surface area contributed by atoms with Gasteiger partial charge in [-0.05, 0) is 42.8 Å². The molecule has 0 aliphatic heterocycles. The van der Waals surface area contributed by atoms with E-state index in [-0.39, 0.29) is 6.61 Å². The molecule has 0 heterocycles. The van der Waals surface area contributed by atoms with Crippen LogP contribution in [0.25, 0.3) is 0 Å². The van der Waals surface area contributed by atoms with Crippen molar-refractivity contribution in [3.8, 4) is 17.2 Å². The van der Waals surface area contributed by atoms with E-state index in [4.69, 9.17) is 9.47 Å². The Bertz CT molecular complexity index is 633. The Kier molecular flexibility index (Phi) is 6.84. The first-order chi connectivity index (χ1) is 11.6. The van der Waals surface area contributed by atoms with Crippen molar-refractivity contribution in [2.24, 2.45) is 0 Å². The van der Waals surface area contributed by atoms with Gasteiger partial charge in [-0.25, -0.2) is 4.39 Å². The molecule has 0 saturated heterocycles. The largest absolute Gasteiger partial charge is 0.505 e. The molecule has 24 heavy (non-hydrogen) atoms. The van der Waals surface area contributed by atoms with Crippen LogP contribution < -0.4 is 14.8 Å². The molecule has 0 amide bonds. The molecule has 2 rings (SSSR count). The number of hydrogen-bond donors (Lipinski definition) is 3. The standard InChI is InChI=1S/C18H22FNO4/c1-23-15-4-2-13(3-5-15)8-9-20-11-14(21)12-24-16-6-7-17(19)18(22)10-16/h2-7,10,14,20-22H,8-9,11-12H2,1H3/t14-/m1/s1. The van der Waals surface area contributed by atoms with Gasteiger partial charge in [-0.15, -0.1) is 0 Å². The SMILES string of the molecule is COc1ccc(CCNC[C@@H](O)COc2ccc(F)c(O)c2)cc1. The van der Waals surface area contributed by atoms with E-state index >= 15 is 0 Å². The van der Waals surface area contributed by atoms with E-state index in [1.54, 1.807) is 7.11 Å². The van der Waals surface area contributed by atoms with Gasteiger partial charge in [0, 0.05) is 12.6 Å². The summed E-state index contributed by atoms with van der Waals surface area (Å²) in [5.41, 5.74) is 1.18. The molecule has 0 aliphatic carbocycles. The van der Waals surface area contributed by atoms with Crippen LogP contribution in [0.4, 0.5) is 4.39 Å². The van der Waals surface area contributed by atoms with E-state index in [9.17, 15) is 14.6 Å². The van der Waals surface area contributed by atoms with Gasteiger partial charge in [-0.2, -0.15) is 0 Å². The Labute approximate surface area is 140 Å². The molecule has 6 heteroatoms. The van der Waals surface area contributed by atoms with Gasteiger partial charge in [0.25, 0.3) is 0 Å². The third kappa shape index (κ3) is 5.72. The number of aliphatic hydroxyl groups is 1. The van der Waals surface area contributed by atoms with E-state index in [0.29, 0.717) is 12.3 Å². The number of aliphatic hydroxyl groups excluding tert-OH is 1. The molecule has 5 nitrogen and oxygen atoms in total. The van der Waals surface area contributed by atoms with Crippen molar-refractivity contribution in [2.75, 3.05) is 26.8 Å². The Morgan fingerprint density at radius 3 is 2.50 bits per heavy atom. The van der Waals surface area contributed by atoms with Gasteiger partial charge in [0.05, 0.1) is 7.11 Å². The average molecular weight is 335 g/mol. The maximum Gasteiger partial charge on any atom is 0.165 e. The van der Waals surface area contributed by atoms with Crippen LogP contribution in [0, 0.1) is 5.82 Å². The molecular weight excluding hydrogens is 313 g/mol. The molecule has 0 fully saturated rings.